The van der Waals surface area contributed by atoms with Gasteiger partial charge in [0.1, 0.15) is 0 Å². The van der Waals surface area contributed by atoms with E-state index in [0.29, 0.717) is 13.0 Å². The average Bonchev–Trinajstić information content (AvgIpc) is 3.20. The minimum Gasteiger partial charge on any atom is -0.283 e. The Bertz CT molecular complexity index is 1170. The SMILES string of the molecule is CCc1ccc(CC(=O)N(Cc2cccnc2)c2nc3c(C)c(C)ccc3s2)cc1. The zero-order valence-corrected chi connectivity index (χ0v) is 18.4. The molecular formula is C25H25N3OS. The molecule has 0 saturated carbocycles. The van der Waals surface area contributed by atoms with Crippen molar-refractivity contribution in [3.05, 3.63) is 88.7 Å². The molecule has 0 atom stereocenters. The van der Waals surface area contributed by atoms with Gasteiger partial charge in [-0.1, -0.05) is 54.7 Å². The molecule has 0 unspecified atom stereocenters. The van der Waals surface area contributed by atoms with Gasteiger partial charge in [-0.3, -0.25) is 14.7 Å². The number of rotatable bonds is 6. The van der Waals surface area contributed by atoms with Crippen LogP contribution in [0.25, 0.3) is 10.2 Å². The van der Waals surface area contributed by atoms with Gasteiger partial charge in [0.2, 0.25) is 5.91 Å². The van der Waals surface area contributed by atoms with E-state index in [-0.39, 0.29) is 5.91 Å². The number of carbonyl (C=O) groups excluding carboxylic acids is 1. The Labute approximate surface area is 181 Å². The van der Waals surface area contributed by atoms with E-state index in [4.69, 9.17) is 4.98 Å². The van der Waals surface area contributed by atoms with Crippen molar-refractivity contribution in [2.24, 2.45) is 0 Å². The Morgan fingerprint density at radius 3 is 2.47 bits per heavy atom. The van der Waals surface area contributed by atoms with Crippen molar-refractivity contribution in [2.75, 3.05) is 4.90 Å². The zero-order valence-electron chi connectivity index (χ0n) is 17.6. The van der Waals surface area contributed by atoms with Crippen molar-refractivity contribution in [1.29, 1.82) is 0 Å². The Balaban J connectivity index is 1.68. The smallest absolute Gasteiger partial charge is 0.233 e. The third-order valence-electron chi connectivity index (χ3n) is 5.46. The van der Waals surface area contributed by atoms with Gasteiger partial charge in [0.25, 0.3) is 0 Å². The van der Waals surface area contributed by atoms with E-state index in [9.17, 15) is 4.79 Å². The second kappa shape index (κ2) is 8.76. The summed E-state index contributed by atoms with van der Waals surface area (Å²) in [6, 6.07) is 16.4. The average molecular weight is 416 g/mol. The lowest BCUT2D eigenvalue weighted by Gasteiger charge is -2.20. The predicted octanol–water partition coefficient (Wildman–Crippen LogP) is 5.65. The van der Waals surface area contributed by atoms with Gasteiger partial charge in [-0.05, 0) is 60.2 Å². The molecule has 0 aliphatic carbocycles. The fourth-order valence-corrected chi connectivity index (χ4v) is 4.47. The molecule has 0 aliphatic heterocycles. The summed E-state index contributed by atoms with van der Waals surface area (Å²) in [5.74, 6) is 0.0385. The van der Waals surface area contributed by atoms with Gasteiger partial charge in [0.05, 0.1) is 23.2 Å². The standard InChI is InChI=1S/C25H25N3OS/c1-4-19-8-10-20(11-9-19)14-23(29)28(16-21-6-5-13-26-15-21)25-27-24-18(3)17(2)7-12-22(24)30-25/h5-13,15H,4,14,16H2,1-3H3. The maximum absolute atomic E-state index is 13.4. The molecule has 4 nitrogen and oxygen atoms in total. The molecule has 0 aliphatic rings. The third-order valence-corrected chi connectivity index (χ3v) is 6.50. The van der Waals surface area contributed by atoms with Crippen LogP contribution in [0, 0.1) is 13.8 Å². The fraction of sp³-hybridized carbons (Fsp3) is 0.240. The summed E-state index contributed by atoms with van der Waals surface area (Å²) < 4.78 is 1.10. The topological polar surface area (TPSA) is 46.1 Å². The van der Waals surface area contributed by atoms with Crippen molar-refractivity contribution in [2.45, 2.75) is 40.2 Å². The fourth-order valence-electron chi connectivity index (χ4n) is 3.43. The van der Waals surface area contributed by atoms with E-state index in [1.54, 1.807) is 28.6 Å². The molecule has 30 heavy (non-hydrogen) atoms. The van der Waals surface area contributed by atoms with Crippen molar-refractivity contribution in [1.82, 2.24) is 9.97 Å². The van der Waals surface area contributed by atoms with Crippen molar-refractivity contribution in [3.8, 4) is 0 Å². The molecule has 2 aromatic carbocycles. The molecule has 0 bridgehead atoms. The molecule has 2 aromatic heterocycles. The number of aryl methyl sites for hydroxylation is 3. The van der Waals surface area contributed by atoms with Crippen LogP contribution < -0.4 is 4.90 Å². The minimum atomic E-state index is 0.0385. The highest BCUT2D eigenvalue weighted by Gasteiger charge is 2.21. The van der Waals surface area contributed by atoms with Crippen LogP contribution in [0.3, 0.4) is 0 Å². The predicted molar refractivity (Wildman–Crippen MR) is 124 cm³/mol. The van der Waals surface area contributed by atoms with Gasteiger partial charge in [0.15, 0.2) is 5.13 Å². The number of aromatic nitrogens is 2. The summed E-state index contributed by atoms with van der Waals surface area (Å²) in [6.45, 7) is 6.76. The first-order chi connectivity index (χ1) is 14.5. The molecule has 2 heterocycles. The number of carbonyl (C=O) groups is 1. The maximum Gasteiger partial charge on any atom is 0.233 e. The van der Waals surface area contributed by atoms with Crippen LogP contribution in [-0.4, -0.2) is 15.9 Å². The highest BCUT2D eigenvalue weighted by Crippen LogP contribution is 2.33. The lowest BCUT2D eigenvalue weighted by Crippen LogP contribution is -2.31. The van der Waals surface area contributed by atoms with Crippen molar-refractivity contribution in [3.63, 3.8) is 0 Å². The number of hydrogen-bond acceptors (Lipinski definition) is 4. The summed E-state index contributed by atoms with van der Waals surface area (Å²) in [4.78, 5) is 24.2. The van der Waals surface area contributed by atoms with Crippen LogP contribution in [0.15, 0.2) is 60.9 Å². The first-order valence-corrected chi connectivity index (χ1v) is 11.0. The number of thiazole rings is 1. The Morgan fingerprint density at radius 1 is 1.00 bits per heavy atom. The van der Waals surface area contributed by atoms with Gasteiger partial charge in [0, 0.05) is 12.4 Å². The summed E-state index contributed by atoms with van der Waals surface area (Å²) in [5.41, 5.74) is 6.63. The molecule has 5 heteroatoms. The van der Waals surface area contributed by atoms with Crippen LogP contribution in [0.5, 0.6) is 0 Å². The van der Waals surface area contributed by atoms with E-state index in [1.165, 1.54) is 16.7 Å². The van der Waals surface area contributed by atoms with E-state index in [1.807, 2.05) is 24.3 Å². The summed E-state index contributed by atoms with van der Waals surface area (Å²) in [7, 11) is 0. The molecule has 4 rings (SSSR count). The van der Waals surface area contributed by atoms with E-state index >= 15 is 0 Å². The van der Waals surface area contributed by atoms with Gasteiger partial charge in [-0.25, -0.2) is 4.98 Å². The molecular weight excluding hydrogens is 390 g/mol. The van der Waals surface area contributed by atoms with Gasteiger partial charge >= 0.3 is 0 Å². The molecule has 0 fully saturated rings. The highest BCUT2D eigenvalue weighted by atomic mass is 32.1. The van der Waals surface area contributed by atoms with E-state index in [2.05, 4.69) is 50.0 Å². The van der Waals surface area contributed by atoms with E-state index < -0.39 is 0 Å². The second-order valence-electron chi connectivity index (χ2n) is 7.54. The first-order valence-electron chi connectivity index (χ1n) is 10.2. The Kier molecular flexibility index (Phi) is 5.91. The first kappa shape index (κ1) is 20.2. The number of nitrogens with zero attached hydrogens (tertiary/aromatic N) is 3. The number of fused-ring (bicyclic) bond motifs is 1. The number of benzene rings is 2. The largest absolute Gasteiger partial charge is 0.283 e. The molecule has 152 valence electrons. The summed E-state index contributed by atoms with van der Waals surface area (Å²) in [5, 5.41) is 0.734. The molecule has 1 amide bonds. The quantitative estimate of drug-likeness (QED) is 0.409. The van der Waals surface area contributed by atoms with Crippen LogP contribution in [0.2, 0.25) is 0 Å². The van der Waals surface area contributed by atoms with Gasteiger partial charge in [-0.15, -0.1) is 0 Å². The van der Waals surface area contributed by atoms with Crippen LogP contribution in [-0.2, 0) is 24.2 Å². The lowest BCUT2D eigenvalue weighted by molar-refractivity contribution is -0.118. The van der Waals surface area contributed by atoms with Gasteiger partial charge < -0.3 is 0 Å². The van der Waals surface area contributed by atoms with E-state index in [0.717, 1.165) is 32.9 Å². The zero-order chi connectivity index (χ0) is 21.1. The molecule has 0 radical (unpaired) electrons. The second-order valence-corrected chi connectivity index (χ2v) is 8.55. The third kappa shape index (κ3) is 4.26. The maximum atomic E-state index is 13.4. The van der Waals surface area contributed by atoms with Crippen molar-refractivity contribution >= 4 is 32.6 Å². The Morgan fingerprint density at radius 2 is 1.77 bits per heavy atom. The summed E-state index contributed by atoms with van der Waals surface area (Å²) in [6.07, 6.45) is 4.89. The van der Waals surface area contributed by atoms with Crippen LogP contribution >= 0.6 is 11.3 Å². The molecule has 0 N–H and O–H groups in total. The molecule has 0 saturated heterocycles. The number of anilines is 1. The number of hydrogen-bond donors (Lipinski definition) is 0. The van der Waals surface area contributed by atoms with Crippen LogP contribution in [0.4, 0.5) is 5.13 Å². The monoisotopic (exact) mass is 415 g/mol. The lowest BCUT2D eigenvalue weighted by atomic mass is 10.1. The Hall–Kier alpha value is -3.05. The molecule has 4 aromatic rings. The highest BCUT2D eigenvalue weighted by molar-refractivity contribution is 7.22. The number of pyridine rings is 1. The summed E-state index contributed by atoms with van der Waals surface area (Å²) >= 11 is 1.57. The normalized spacial score (nSPS) is 11.0. The number of amides is 1. The van der Waals surface area contributed by atoms with Crippen molar-refractivity contribution < 1.29 is 4.79 Å². The molecule has 0 spiro atoms. The minimum absolute atomic E-state index is 0.0385. The van der Waals surface area contributed by atoms with Gasteiger partial charge in [-0.2, -0.15) is 0 Å². The van der Waals surface area contributed by atoms with Crippen LogP contribution in [0.1, 0.15) is 34.7 Å².